The topological polar surface area (TPSA) is 12.0 Å². The van der Waals surface area contributed by atoms with Crippen molar-refractivity contribution in [3.05, 3.63) is 0 Å². The van der Waals surface area contributed by atoms with Crippen LogP contribution in [0.1, 0.15) is 58.3 Å². The second kappa shape index (κ2) is 7.24. The molecule has 1 aliphatic carbocycles. The first-order valence-corrected chi connectivity index (χ1v) is 6.81. The van der Waals surface area contributed by atoms with Gasteiger partial charge in [-0.05, 0) is 25.3 Å². The molecule has 1 fully saturated rings. The predicted octanol–water partition coefficient (Wildman–Crippen LogP) is 4.28. The second-order valence-electron chi connectivity index (χ2n) is 5.15. The molecule has 17 heavy (non-hydrogen) atoms. The molecule has 1 atom stereocenters. The average Bonchev–Trinajstić information content (AvgIpc) is 2.27. The van der Waals surface area contributed by atoms with Crippen molar-refractivity contribution in [2.75, 3.05) is 6.54 Å². The van der Waals surface area contributed by atoms with E-state index in [1.165, 1.54) is 32.1 Å². The summed E-state index contributed by atoms with van der Waals surface area (Å²) in [5.74, 6) is 0.640. The molecule has 1 unspecified atom stereocenters. The number of hydrogen-bond donors (Lipinski definition) is 1. The van der Waals surface area contributed by atoms with Crippen LogP contribution in [0.25, 0.3) is 0 Å². The molecule has 102 valence electrons. The molecule has 1 rings (SSSR count). The summed E-state index contributed by atoms with van der Waals surface area (Å²) in [6.45, 7) is 2.72. The van der Waals surface area contributed by atoms with Crippen molar-refractivity contribution in [3.8, 4) is 0 Å². The maximum absolute atomic E-state index is 12.2. The second-order valence-corrected chi connectivity index (χ2v) is 5.15. The first-order chi connectivity index (χ1) is 8.01. The van der Waals surface area contributed by atoms with E-state index in [2.05, 4.69) is 5.32 Å². The van der Waals surface area contributed by atoms with Crippen molar-refractivity contribution in [2.45, 2.75) is 70.5 Å². The SMILES string of the molecule is CCNC(CCC(F)(F)F)CC1CCCCC1. The third kappa shape index (κ3) is 6.92. The first-order valence-electron chi connectivity index (χ1n) is 6.81. The van der Waals surface area contributed by atoms with E-state index in [0.717, 1.165) is 13.0 Å². The summed E-state index contributed by atoms with van der Waals surface area (Å²) < 4.78 is 36.6. The monoisotopic (exact) mass is 251 g/mol. The molecule has 1 aliphatic rings. The standard InChI is InChI=1S/C13H24F3N/c1-2-17-12(8-9-13(14,15)16)10-11-6-4-3-5-7-11/h11-12,17H,2-10H2,1H3. The van der Waals surface area contributed by atoms with Gasteiger partial charge in [-0.2, -0.15) is 13.2 Å². The zero-order valence-corrected chi connectivity index (χ0v) is 10.7. The Labute approximate surface area is 102 Å². The average molecular weight is 251 g/mol. The minimum Gasteiger partial charge on any atom is -0.314 e. The molecule has 0 saturated heterocycles. The lowest BCUT2D eigenvalue weighted by Crippen LogP contribution is -2.32. The van der Waals surface area contributed by atoms with Crippen molar-refractivity contribution in [1.29, 1.82) is 0 Å². The third-order valence-corrected chi connectivity index (χ3v) is 3.61. The van der Waals surface area contributed by atoms with Crippen LogP contribution in [0, 0.1) is 5.92 Å². The highest BCUT2D eigenvalue weighted by Crippen LogP contribution is 2.30. The van der Waals surface area contributed by atoms with Crippen LogP contribution in [-0.2, 0) is 0 Å². The summed E-state index contributed by atoms with van der Waals surface area (Å²) in [7, 11) is 0. The molecule has 0 aromatic rings. The summed E-state index contributed by atoms with van der Waals surface area (Å²) in [5, 5.41) is 3.20. The number of halogens is 3. The molecule has 1 N–H and O–H groups in total. The molecule has 0 aliphatic heterocycles. The fraction of sp³-hybridized carbons (Fsp3) is 1.00. The van der Waals surface area contributed by atoms with Gasteiger partial charge in [0.25, 0.3) is 0 Å². The molecule has 0 bridgehead atoms. The van der Waals surface area contributed by atoms with Gasteiger partial charge < -0.3 is 5.32 Å². The van der Waals surface area contributed by atoms with E-state index in [1.807, 2.05) is 6.92 Å². The van der Waals surface area contributed by atoms with Crippen LogP contribution in [0.5, 0.6) is 0 Å². The normalized spacial score (nSPS) is 20.5. The molecule has 0 radical (unpaired) electrons. The molecular formula is C13H24F3N. The van der Waals surface area contributed by atoms with Crippen LogP contribution in [0.2, 0.25) is 0 Å². The number of alkyl halides is 3. The summed E-state index contributed by atoms with van der Waals surface area (Å²) in [6.07, 6.45) is 2.69. The fourth-order valence-corrected chi connectivity index (χ4v) is 2.76. The summed E-state index contributed by atoms with van der Waals surface area (Å²) in [4.78, 5) is 0. The van der Waals surface area contributed by atoms with E-state index in [1.54, 1.807) is 0 Å². The molecular weight excluding hydrogens is 227 g/mol. The van der Waals surface area contributed by atoms with E-state index in [-0.39, 0.29) is 12.5 Å². The maximum atomic E-state index is 12.2. The molecule has 4 heteroatoms. The lowest BCUT2D eigenvalue weighted by Gasteiger charge is -2.27. The van der Waals surface area contributed by atoms with Gasteiger partial charge >= 0.3 is 6.18 Å². The van der Waals surface area contributed by atoms with Crippen molar-refractivity contribution >= 4 is 0 Å². The minimum atomic E-state index is -4.01. The zero-order chi connectivity index (χ0) is 12.7. The number of rotatable bonds is 6. The Kier molecular flexibility index (Phi) is 6.31. The Bertz CT molecular complexity index is 197. The first kappa shape index (κ1) is 14.8. The van der Waals surface area contributed by atoms with E-state index in [4.69, 9.17) is 0 Å². The predicted molar refractivity (Wildman–Crippen MR) is 63.9 cm³/mol. The van der Waals surface area contributed by atoms with E-state index >= 15 is 0 Å². The molecule has 0 aromatic carbocycles. The van der Waals surface area contributed by atoms with Crippen molar-refractivity contribution in [2.24, 2.45) is 5.92 Å². The molecule has 1 saturated carbocycles. The van der Waals surface area contributed by atoms with Gasteiger partial charge in [0.05, 0.1) is 0 Å². The van der Waals surface area contributed by atoms with Gasteiger partial charge in [0.15, 0.2) is 0 Å². The molecule has 1 nitrogen and oxygen atoms in total. The number of hydrogen-bond acceptors (Lipinski definition) is 1. The molecule has 0 heterocycles. The largest absolute Gasteiger partial charge is 0.389 e. The van der Waals surface area contributed by atoms with Crippen LogP contribution >= 0.6 is 0 Å². The third-order valence-electron chi connectivity index (χ3n) is 3.61. The van der Waals surface area contributed by atoms with Gasteiger partial charge in [-0.15, -0.1) is 0 Å². The molecule has 0 amide bonds. The van der Waals surface area contributed by atoms with Crippen molar-refractivity contribution in [1.82, 2.24) is 5.32 Å². The zero-order valence-electron chi connectivity index (χ0n) is 10.7. The fourth-order valence-electron chi connectivity index (χ4n) is 2.76. The Balaban J connectivity index is 2.31. The van der Waals surface area contributed by atoms with Crippen LogP contribution in [0.15, 0.2) is 0 Å². The lowest BCUT2D eigenvalue weighted by molar-refractivity contribution is -0.136. The van der Waals surface area contributed by atoms with E-state index < -0.39 is 12.6 Å². The van der Waals surface area contributed by atoms with E-state index in [0.29, 0.717) is 5.92 Å². The Hall–Kier alpha value is -0.250. The smallest absolute Gasteiger partial charge is 0.314 e. The van der Waals surface area contributed by atoms with Crippen molar-refractivity contribution < 1.29 is 13.2 Å². The molecule has 0 aromatic heterocycles. The van der Waals surface area contributed by atoms with Gasteiger partial charge in [-0.3, -0.25) is 0 Å². The Morgan fingerprint density at radius 3 is 2.35 bits per heavy atom. The van der Waals surface area contributed by atoms with Gasteiger partial charge in [0, 0.05) is 12.5 Å². The number of nitrogens with one attached hydrogen (secondary N) is 1. The highest BCUT2D eigenvalue weighted by atomic mass is 19.4. The summed E-state index contributed by atoms with van der Waals surface area (Å²) >= 11 is 0. The van der Waals surface area contributed by atoms with Gasteiger partial charge in [0.1, 0.15) is 0 Å². The van der Waals surface area contributed by atoms with Crippen LogP contribution < -0.4 is 5.32 Å². The van der Waals surface area contributed by atoms with Crippen LogP contribution in [0.4, 0.5) is 13.2 Å². The molecule has 0 spiro atoms. The van der Waals surface area contributed by atoms with Gasteiger partial charge in [-0.25, -0.2) is 0 Å². The van der Waals surface area contributed by atoms with Gasteiger partial charge in [-0.1, -0.05) is 39.0 Å². The van der Waals surface area contributed by atoms with Crippen LogP contribution in [-0.4, -0.2) is 18.8 Å². The van der Waals surface area contributed by atoms with E-state index in [9.17, 15) is 13.2 Å². The highest BCUT2D eigenvalue weighted by molar-refractivity contribution is 4.75. The quantitative estimate of drug-likeness (QED) is 0.743. The van der Waals surface area contributed by atoms with Gasteiger partial charge in [0.2, 0.25) is 0 Å². The lowest BCUT2D eigenvalue weighted by atomic mass is 9.84. The van der Waals surface area contributed by atoms with Crippen LogP contribution in [0.3, 0.4) is 0 Å². The minimum absolute atomic E-state index is 0.0460. The Morgan fingerprint density at radius 2 is 1.82 bits per heavy atom. The highest BCUT2D eigenvalue weighted by Gasteiger charge is 2.29. The van der Waals surface area contributed by atoms with Crippen molar-refractivity contribution in [3.63, 3.8) is 0 Å². The summed E-state index contributed by atoms with van der Waals surface area (Å²) in [6, 6.07) is 0.0460. The Morgan fingerprint density at radius 1 is 1.18 bits per heavy atom. The maximum Gasteiger partial charge on any atom is 0.389 e. The summed E-state index contributed by atoms with van der Waals surface area (Å²) in [5.41, 5.74) is 0.